The first-order valence-electron chi connectivity index (χ1n) is 7.74. The number of hydrogen-bond donors (Lipinski definition) is 1. The number of rotatable bonds is 5. The van der Waals surface area contributed by atoms with E-state index in [2.05, 4.69) is 15.5 Å². The summed E-state index contributed by atoms with van der Waals surface area (Å²) in [6, 6.07) is 6.85. The van der Waals surface area contributed by atoms with Crippen LogP contribution in [0.3, 0.4) is 0 Å². The van der Waals surface area contributed by atoms with Crippen LogP contribution in [0.2, 0.25) is 0 Å². The number of benzene rings is 1. The van der Waals surface area contributed by atoms with E-state index in [0.717, 1.165) is 12.3 Å². The van der Waals surface area contributed by atoms with Crippen molar-refractivity contribution in [3.63, 3.8) is 0 Å². The Morgan fingerprint density at radius 1 is 1.15 bits per heavy atom. The molecule has 0 atom stereocenters. The Hall–Kier alpha value is -3.30. The van der Waals surface area contributed by atoms with E-state index in [-0.39, 0.29) is 23.6 Å². The normalized spacial score (nSPS) is 11.4. The van der Waals surface area contributed by atoms with Crippen LogP contribution in [-0.2, 0) is 12.7 Å². The van der Waals surface area contributed by atoms with Crippen molar-refractivity contribution in [2.24, 2.45) is 0 Å². The number of carbonyl (C=O) groups excluding carboxylic acids is 1. The van der Waals surface area contributed by atoms with Gasteiger partial charge in [-0.05, 0) is 30.3 Å². The second-order valence-electron chi connectivity index (χ2n) is 5.51. The number of ether oxygens (including phenoxy) is 2. The Labute approximate surface area is 151 Å². The van der Waals surface area contributed by atoms with Gasteiger partial charge in [0, 0.05) is 6.20 Å². The molecule has 3 aromatic rings. The molecule has 2 heterocycles. The quantitative estimate of drug-likeness (QED) is 0.737. The van der Waals surface area contributed by atoms with Gasteiger partial charge in [0.1, 0.15) is 11.5 Å². The molecule has 0 fully saturated rings. The zero-order valence-electron chi connectivity index (χ0n) is 14.4. The summed E-state index contributed by atoms with van der Waals surface area (Å²) in [6.45, 7) is -0.123. The van der Waals surface area contributed by atoms with Crippen molar-refractivity contribution in [2.45, 2.75) is 12.7 Å². The minimum atomic E-state index is -4.49. The fourth-order valence-electron chi connectivity index (χ4n) is 2.47. The smallest absolute Gasteiger partial charge is 0.417 e. The lowest BCUT2D eigenvalue weighted by Gasteiger charge is -2.11. The lowest BCUT2D eigenvalue weighted by molar-refractivity contribution is -0.137. The zero-order chi connectivity index (χ0) is 19.6. The maximum atomic E-state index is 12.9. The number of hydrogen-bond acceptors (Lipinski definition) is 5. The van der Waals surface area contributed by atoms with Crippen molar-refractivity contribution in [2.75, 3.05) is 14.2 Å². The first-order chi connectivity index (χ1) is 12.8. The molecular weight excluding hydrogens is 365 g/mol. The van der Waals surface area contributed by atoms with Gasteiger partial charge in [0.2, 0.25) is 0 Å². The molecule has 0 unspecified atom stereocenters. The molecule has 2 aromatic heterocycles. The third kappa shape index (κ3) is 3.78. The van der Waals surface area contributed by atoms with Gasteiger partial charge in [-0.1, -0.05) is 0 Å². The summed E-state index contributed by atoms with van der Waals surface area (Å²) >= 11 is 0. The van der Waals surface area contributed by atoms with Gasteiger partial charge in [-0.2, -0.15) is 13.2 Å². The van der Waals surface area contributed by atoms with Gasteiger partial charge in [-0.25, -0.2) is 0 Å². The average Bonchev–Trinajstić information content (AvgIpc) is 3.07. The van der Waals surface area contributed by atoms with Crippen molar-refractivity contribution in [1.29, 1.82) is 0 Å². The van der Waals surface area contributed by atoms with E-state index >= 15 is 0 Å². The first kappa shape index (κ1) is 18.5. The van der Waals surface area contributed by atoms with Crippen LogP contribution in [0.5, 0.6) is 11.5 Å². The molecule has 0 aliphatic carbocycles. The number of halogens is 3. The van der Waals surface area contributed by atoms with E-state index < -0.39 is 17.6 Å². The fourth-order valence-corrected chi connectivity index (χ4v) is 2.47. The molecule has 3 rings (SSSR count). The molecule has 0 saturated carbocycles. The number of methoxy groups -OCH3 is 2. The van der Waals surface area contributed by atoms with E-state index in [9.17, 15) is 18.0 Å². The van der Waals surface area contributed by atoms with Crippen molar-refractivity contribution in [3.05, 3.63) is 53.5 Å². The van der Waals surface area contributed by atoms with Gasteiger partial charge in [0.25, 0.3) is 5.91 Å². The highest BCUT2D eigenvalue weighted by molar-refractivity contribution is 5.97. The Balaban J connectivity index is 1.84. The summed E-state index contributed by atoms with van der Waals surface area (Å²) < 4.78 is 50.1. The summed E-state index contributed by atoms with van der Waals surface area (Å²) in [5.41, 5.74) is -0.371. The van der Waals surface area contributed by atoms with Crippen molar-refractivity contribution >= 4 is 11.6 Å². The lowest BCUT2D eigenvalue weighted by atomic mass is 10.1. The van der Waals surface area contributed by atoms with Crippen LogP contribution in [-0.4, -0.2) is 34.7 Å². The Morgan fingerprint density at radius 3 is 2.59 bits per heavy atom. The molecule has 0 aliphatic rings. The number of amides is 1. The van der Waals surface area contributed by atoms with E-state index in [1.807, 2.05) is 0 Å². The largest absolute Gasteiger partial charge is 0.497 e. The number of nitrogens with one attached hydrogen (secondary N) is 1. The monoisotopic (exact) mass is 380 g/mol. The Bertz CT molecular complexity index is 985. The molecule has 10 heteroatoms. The van der Waals surface area contributed by atoms with E-state index in [0.29, 0.717) is 11.5 Å². The topological polar surface area (TPSA) is 77.8 Å². The fraction of sp³-hybridized carbons (Fsp3) is 0.235. The van der Waals surface area contributed by atoms with Crippen LogP contribution in [0.15, 0.2) is 36.5 Å². The standard InChI is InChI=1S/C17H15F3N4O3/c1-26-11-4-5-13(27-2)12(7-11)16(25)21-8-15-23-22-14-6-3-10(9-24(14)15)17(18,19)20/h3-7,9H,8H2,1-2H3,(H,21,25). The number of aromatic nitrogens is 3. The van der Waals surface area contributed by atoms with Crippen LogP contribution >= 0.6 is 0 Å². The van der Waals surface area contributed by atoms with Gasteiger partial charge >= 0.3 is 6.18 Å². The number of alkyl halides is 3. The molecule has 0 radical (unpaired) electrons. The molecule has 0 bridgehead atoms. The highest BCUT2D eigenvalue weighted by atomic mass is 19.4. The molecule has 0 saturated heterocycles. The molecule has 0 spiro atoms. The molecular formula is C17H15F3N4O3. The first-order valence-corrected chi connectivity index (χ1v) is 7.74. The van der Waals surface area contributed by atoms with Gasteiger partial charge in [0.15, 0.2) is 11.5 Å². The van der Waals surface area contributed by atoms with Gasteiger partial charge < -0.3 is 14.8 Å². The lowest BCUT2D eigenvalue weighted by Crippen LogP contribution is -2.24. The molecule has 7 nitrogen and oxygen atoms in total. The molecule has 142 valence electrons. The highest BCUT2D eigenvalue weighted by Crippen LogP contribution is 2.29. The van der Waals surface area contributed by atoms with Crippen molar-refractivity contribution < 1.29 is 27.4 Å². The minimum Gasteiger partial charge on any atom is -0.497 e. The zero-order valence-corrected chi connectivity index (χ0v) is 14.4. The maximum absolute atomic E-state index is 12.9. The van der Waals surface area contributed by atoms with Gasteiger partial charge in [-0.15, -0.1) is 10.2 Å². The average molecular weight is 380 g/mol. The van der Waals surface area contributed by atoms with Crippen molar-refractivity contribution in [1.82, 2.24) is 19.9 Å². The van der Waals surface area contributed by atoms with Crippen LogP contribution in [0.4, 0.5) is 13.2 Å². The summed E-state index contributed by atoms with van der Waals surface area (Å²) in [5, 5.41) is 10.2. The second kappa shape index (κ2) is 7.14. The SMILES string of the molecule is COc1ccc(OC)c(C(=O)NCc2nnc3ccc(C(F)(F)F)cn23)c1. The minimum absolute atomic E-state index is 0.123. The molecule has 0 aliphatic heterocycles. The molecule has 1 N–H and O–H groups in total. The van der Waals surface area contributed by atoms with Crippen LogP contribution < -0.4 is 14.8 Å². The second-order valence-corrected chi connectivity index (χ2v) is 5.51. The summed E-state index contributed by atoms with van der Waals surface area (Å²) in [4.78, 5) is 12.5. The van der Waals surface area contributed by atoms with Crippen LogP contribution in [0, 0.1) is 0 Å². The van der Waals surface area contributed by atoms with Crippen LogP contribution in [0.25, 0.3) is 5.65 Å². The maximum Gasteiger partial charge on any atom is 0.417 e. The van der Waals surface area contributed by atoms with Gasteiger partial charge in [-0.3, -0.25) is 9.20 Å². The highest BCUT2D eigenvalue weighted by Gasteiger charge is 2.31. The summed E-state index contributed by atoms with van der Waals surface area (Å²) in [5.74, 6) is 0.461. The summed E-state index contributed by atoms with van der Waals surface area (Å²) in [6.07, 6.45) is -3.60. The number of carbonyl (C=O) groups is 1. The Kier molecular flexibility index (Phi) is 4.89. The third-order valence-corrected chi connectivity index (χ3v) is 3.86. The van der Waals surface area contributed by atoms with Crippen LogP contribution in [0.1, 0.15) is 21.7 Å². The third-order valence-electron chi connectivity index (χ3n) is 3.86. The number of pyridine rings is 1. The number of nitrogens with zero attached hydrogens (tertiary/aromatic N) is 3. The predicted molar refractivity (Wildman–Crippen MR) is 88.7 cm³/mol. The Morgan fingerprint density at radius 2 is 1.93 bits per heavy atom. The van der Waals surface area contributed by atoms with E-state index in [4.69, 9.17) is 9.47 Å². The van der Waals surface area contributed by atoms with E-state index in [1.165, 1.54) is 30.8 Å². The predicted octanol–water partition coefficient (Wildman–Crippen LogP) is 2.70. The summed E-state index contributed by atoms with van der Waals surface area (Å²) in [7, 11) is 2.88. The van der Waals surface area contributed by atoms with E-state index in [1.54, 1.807) is 12.1 Å². The molecule has 1 amide bonds. The van der Waals surface area contributed by atoms with Crippen molar-refractivity contribution in [3.8, 4) is 11.5 Å². The molecule has 27 heavy (non-hydrogen) atoms. The molecule has 1 aromatic carbocycles. The van der Waals surface area contributed by atoms with Gasteiger partial charge in [0.05, 0.1) is 31.9 Å². The number of fused-ring (bicyclic) bond motifs is 1.